The van der Waals surface area contributed by atoms with E-state index in [0.29, 0.717) is 32.1 Å². The highest BCUT2D eigenvalue weighted by Gasteiger charge is 2.29. The van der Waals surface area contributed by atoms with E-state index in [-0.39, 0.29) is 18.0 Å². The van der Waals surface area contributed by atoms with Crippen LogP contribution in [0.4, 0.5) is 4.39 Å². The van der Waals surface area contributed by atoms with E-state index in [2.05, 4.69) is 10.2 Å². The SMILES string of the molecule is CCNC(=NCC1CCN(S(C)(=O)=O)CC1)N1CC(C)OC(c2ccc(F)cc2)C1. The van der Waals surface area contributed by atoms with Crippen molar-refractivity contribution in [2.24, 2.45) is 10.9 Å². The number of sulfonamides is 1. The van der Waals surface area contributed by atoms with E-state index in [4.69, 9.17) is 9.73 Å². The summed E-state index contributed by atoms with van der Waals surface area (Å²) in [6.07, 6.45) is 2.81. The van der Waals surface area contributed by atoms with Gasteiger partial charge in [-0.2, -0.15) is 0 Å². The van der Waals surface area contributed by atoms with Crippen LogP contribution in [0.5, 0.6) is 0 Å². The first-order valence-electron chi connectivity index (χ1n) is 10.7. The van der Waals surface area contributed by atoms with Crippen molar-refractivity contribution in [2.45, 2.75) is 38.9 Å². The zero-order chi connectivity index (χ0) is 21.7. The highest BCUT2D eigenvalue weighted by Crippen LogP contribution is 2.26. The number of guanidine groups is 1. The van der Waals surface area contributed by atoms with Gasteiger partial charge in [-0.15, -0.1) is 0 Å². The van der Waals surface area contributed by atoms with Gasteiger partial charge in [-0.25, -0.2) is 17.1 Å². The summed E-state index contributed by atoms with van der Waals surface area (Å²) in [5.41, 5.74) is 0.956. The summed E-state index contributed by atoms with van der Waals surface area (Å²) in [5.74, 6) is 0.976. The van der Waals surface area contributed by atoms with Crippen molar-refractivity contribution in [2.75, 3.05) is 45.5 Å². The van der Waals surface area contributed by atoms with Gasteiger partial charge < -0.3 is 15.0 Å². The van der Waals surface area contributed by atoms with Crippen molar-refractivity contribution in [1.29, 1.82) is 0 Å². The summed E-state index contributed by atoms with van der Waals surface area (Å²) in [5, 5.41) is 3.38. The van der Waals surface area contributed by atoms with Crippen LogP contribution < -0.4 is 5.32 Å². The number of nitrogens with zero attached hydrogens (tertiary/aromatic N) is 3. The van der Waals surface area contributed by atoms with E-state index >= 15 is 0 Å². The second-order valence-electron chi connectivity index (χ2n) is 8.19. The second-order valence-corrected chi connectivity index (χ2v) is 10.2. The van der Waals surface area contributed by atoms with Crippen molar-refractivity contribution in [3.05, 3.63) is 35.6 Å². The Bertz CT molecular complexity index is 823. The summed E-state index contributed by atoms with van der Waals surface area (Å²) < 4.78 is 44.3. The van der Waals surface area contributed by atoms with Crippen LogP contribution in [0, 0.1) is 11.7 Å². The van der Waals surface area contributed by atoms with E-state index in [1.165, 1.54) is 18.4 Å². The fourth-order valence-corrected chi connectivity index (χ4v) is 4.92. The Hall–Kier alpha value is -1.71. The van der Waals surface area contributed by atoms with Crippen LogP contribution in [0.15, 0.2) is 29.3 Å². The van der Waals surface area contributed by atoms with Crippen molar-refractivity contribution in [3.8, 4) is 0 Å². The van der Waals surface area contributed by atoms with Gasteiger partial charge in [0.15, 0.2) is 5.96 Å². The summed E-state index contributed by atoms with van der Waals surface area (Å²) in [6.45, 7) is 8.03. The molecule has 2 unspecified atom stereocenters. The molecular weight excluding hydrogens is 407 g/mol. The van der Waals surface area contributed by atoms with E-state index in [1.54, 1.807) is 16.4 Å². The summed E-state index contributed by atoms with van der Waals surface area (Å²) in [6, 6.07) is 6.47. The molecule has 2 aliphatic heterocycles. The molecule has 0 bridgehead atoms. The molecule has 3 rings (SSSR count). The number of hydrogen-bond acceptors (Lipinski definition) is 4. The molecule has 1 aromatic carbocycles. The zero-order valence-corrected chi connectivity index (χ0v) is 18.9. The normalized spacial score (nSPS) is 24.8. The maximum absolute atomic E-state index is 13.3. The van der Waals surface area contributed by atoms with Crippen LogP contribution in [-0.4, -0.2) is 75.2 Å². The molecular formula is C21H33FN4O3S. The largest absolute Gasteiger partial charge is 0.367 e. The summed E-state index contributed by atoms with van der Waals surface area (Å²) in [4.78, 5) is 7.08. The number of ether oxygens (including phenoxy) is 1. The van der Waals surface area contributed by atoms with Gasteiger partial charge in [0.1, 0.15) is 11.9 Å². The number of hydrogen-bond donors (Lipinski definition) is 1. The molecule has 9 heteroatoms. The topological polar surface area (TPSA) is 74.2 Å². The third-order valence-electron chi connectivity index (χ3n) is 5.68. The molecule has 2 saturated heterocycles. The molecule has 1 aromatic rings. The number of rotatable bonds is 5. The van der Waals surface area contributed by atoms with Crippen LogP contribution in [0.2, 0.25) is 0 Å². The Morgan fingerprint density at radius 2 is 1.90 bits per heavy atom. The maximum Gasteiger partial charge on any atom is 0.211 e. The molecule has 2 fully saturated rings. The van der Waals surface area contributed by atoms with Crippen molar-refractivity contribution >= 4 is 16.0 Å². The fourth-order valence-electron chi connectivity index (χ4n) is 4.05. The van der Waals surface area contributed by atoms with Crippen molar-refractivity contribution in [1.82, 2.24) is 14.5 Å². The molecule has 1 N–H and O–H groups in total. The van der Waals surface area contributed by atoms with Crippen molar-refractivity contribution in [3.63, 3.8) is 0 Å². The number of aliphatic imine (C=N–C) groups is 1. The zero-order valence-electron chi connectivity index (χ0n) is 18.1. The lowest BCUT2D eigenvalue weighted by molar-refractivity contribution is -0.0605. The molecule has 2 atom stereocenters. The first-order valence-corrected chi connectivity index (χ1v) is 12.5. The lowest BCUT2D eigenvalue weighted by atomic mass is 9.98. The third kappa shape index (κ3) is 6.15. The lowest BCUT2D eigenvalue weighted by Gasteiger charge is -2.39. The number of halogens is 1. The lowest BCUT2D eigenvalue weighted by Crippen LogP contribution is -2.51. The predicted octanol–water partition coefficient (Wildman–Crippen LogP) is 2.22. The van der Waals surface area contributed by atoms with Crippen LogP contribution in [0.1, 0.15) is 38.4 Å². The number of nitrogens with one attached hydrogen (secondary N) is 1. The van der Waals surface area contributed by atoms with E-state index in [9.17, 15) is 12.8 Å². The van der Waals surface area contributed by atoms with Gasteiger partial charge in [0.05, 0.1) is 18.9 Å². The van der Waals surface area contributed by atoms with Crippen LogP contribution >= 0.6 is 0 Å². The number of morpholine rings is 1. The highest BCUT2D eigenvalue weighted by atomic mass is 32.2. The Morgan fingerprint density at radius 3 is 2.50 bits per heavy atom. The van der Waals surface area contributed by atoms with Crippen LogP contribution in [-0.2, 0) is 14.8 Å². The standard InChI is InChI=1S/C21H33FN4O3S/c1-4-23-21(24-13-17-9-11-26(12-10-17)30(3,27)28)25-14-16(2)29-20(15-25)18-5-7-19(22)8-6-18/h5-8,16-17,20H,4,9-15H2,1-3H3,(H,23,24). The quantitative estimate of drug-likeness (QED) is 0.561. The maximum atomic E-state index is 13.3. The van der Waals surface area contributed by atoms with Gasteiger partial charge in [-0.05, 0) is 50.3 Å². The average molecular weight is 441 g/mol. The molecule has 0 spiro atoms. The highest BCUT2D eigenvalue weighted by molar-refractivity contribution is 7.88. The predicted molar refractivity (Wildman–Crippen MR) is 116 cm³/mol. The van der Waals surface area contributed by atoms with E-state index < -0.39 is 10.0 Å². The average Bonchev–Trinajstić information content (AvgIpc) is 2.71. The number of piperidine rings is 1. The molecule has 2 aliphatic rings. The minimum atomic E-state index is -3.11. The molecule has 0 radical (unpaired) electrons. The molecule has 7 nitrogen and oxygen atoms in total. The first-order chi connectivity index (χ1) is 14.3. The van der Waals surface area contributed by atoms with Crippen molar-refractivity contribution < 1.29 is 17.5 Å². The van der Waals surface area contributed by atoms with Crippen LogP contribution in [0.3, 0.4) is 0 Å². The van der Waals surface area contributed by atoms with Crippen LogP contribution in [0.25, 0.3) is 0 Å². The second kappa shape index (κ2) is 10.1. The molecule has 0 aromatic heterocycles. The van der Waals surface area contributed by atoms with Gasteiger partial charge in [-0.3, -0.25) is 4.99 Å². The monoisotopic (exact) mass is 440 g/mol. The molecule has 2 heterocycles. The van der Waals surface area contributed by atoms with Gasteiger partial charge in [0.2, 0.25) is 10.0 Å². The summed E-state index contributed by atoms with van der Waals surface area (Å²) in [7, 11) is -3.11. The van der Waals surface area contributed by atoms with Gasteiger partial charge in [0.25, 0.3) is 0 Å². The molecule has 0 aliphatic carbocycles. The first kappa shape index (κ1) is 23.0. The van der Waals surface area contributed by atoms with Gasteiger partial charge in [-0.1, -0.05) is 12.1 Å². The third-order valence-corrected chi connectivity index (χ3v) is 6.98. The molecule has 168 valence electrons. The Balaban J connectivity index is 1.65. The molecule has 0 saturated carbocycles. The minimum absolute atomic E-state index is 0.0238. The Morgan fingerprint density at radius 1 is 1.23 bits per heavy atom. The molecule has 30 heavy (non-hydrogen) atoms. The van der Waals surface area contributed by atoms with Gasteiger partial charge in [0, 0.05) is 32.7 Å². The minimum Gasteiger partial charge on any atom is -0.367 e. The fraction of sp³-hybridized carbons (Fsp3) is 0.667. The Kier molecular flexibility index (Phi) is 7.70. The van der Waals surface area contributed by atoms with Gasteiger partial charge >= 0.3 is 0 Å². The van der Waals surface area contributed by atoms with E-state index in [0.717, 1.165) is 37.5 Å². The number of benzene rings is 1. The smallest absolute Gasteiger partial charge is 0.211 e. The van der Waals surface area contributed by atoms with E-state index in [1.807, 2.05) is 13.8 Å². The summed E-state index contributed by atoms with van der Waals surface area (Å²) >= 11 is 0. The Labute approximate surface area is 179 Å². The molecule has 0 amide bonds.